The van der Waals surface area contributed by atoms with Crippen LogP contribution in [0.2, 0.25) is 0 Å². The lowest BCUT2D eigenvalue weighted by molar-refractivity contribution is 0.165. The molecule has 2 amide bonds. The summed E-state index contributed by atoms with van der Waals surface area (Å²) in [5.41, 5.74) is 0. The van der Waals surface area contributed by atoms with Crippen LogP contribution in [-0.4, -0.2) is 42.0 Å². The molecule has 74 valence electrons. The highest BCUT2D eigenvalue weighted by atomic mass is 16.2. The molecule has 0 N–H and O–H groups in total. The molecule has 0 rings (SSSR count). The Morgan fingerprint density at radius 3 is 1.92 bits per heavy atom. The van der Waals surface area contributed by atoms with Gasteiger partial charge in [-0.15, -0.1) is 6.42 Å². The van der Waals surface area contributed by atoms with Gasteiger partial charge >= 0.3 is 6.03 Å². The van der Waals surface area contributed by atoms with Crippen LogP contribution in [0.1, 0.15) is 20.8 Å². The predicted molar refractivity (Wildman–Crippen MR) is 54.4 cm³/mol. The Balaban J connectivity index is 4.26. The van der Waals surface area contributed by atoms with Crippen LogP contribution in [0.3, 0.4) is 0 Å². The summed E-state index contributed by atoms with van der Waals surface area (Å²) in [4.78, 5) is 15.1. The topological polar surface area (TPSA) is 23.6 Å². The van der Waals surface area contributed by atoms with Crippen LogP contribution < -0.4 is 0 Å². The van der Waals surface area contributed by atoms with E-state index in [9.17, 15) is 4.79 Å². The summed E-state index contributed by atoms with van der Waals surface area (Å²) in [5.74, 6) is 2.48. The van der Waals surface area contributed by atoms with Crippen molar-refractivity contribution in [3.05, 3.63) is 0 Å². The van der Waals surface area contributed by atoms with Crippen LogP contribution in [0, 0.1) is 12.3 Å². The number of hydrogen-bond acceptors (Lipinski definition) is 1. The Kier molecular flexibility index (Phi) is 5.79. The van der Waals surface area contributed by atoms with Crippen LogP contribution in [0.4, 0.5) is 4.79 Å². The number of carbonyl (C=O) groups is 1. The fourth-order valence-corrected chi connectivity index (χ4v) is 1.12. The number of terminal acetylenes is 1. The fraction of sp³-hybridized carbons (Fsp3) is 0.700. The first-order valence-electron chi connectivity index (χ1n) is 4.68. The second kappa shape index (κ2) is 6.36. The van der Waals surface area contributed by atoms with Crippen molar-refractivity contribution in [2.24, 2.45) is 0 Å². The molecular formula is C10H18N2O. The highest BCUT2D eigenvalue weighted by Crippen LogP contribution is 1.97. The molecule has 0 aromatic rings. The molecule has 0 aromatic heterocycles. The molecule has 0 aliphatic heterocycles. The normalized spacial score (nSPS) is 9.08. The van der Waals surface area contributed by atoms with Crippen molar-refractivity contribution in [1.82, 2.24) is 9.80 Å². The van der Waals surface area contributed by atoms with Crippen molar-refractivity contribution in [3.8, 4) is 12.3 Å². The number of amides is 2. The molecule has 0 heterocycles. The Morgan fingerprint density at radius 1 is 1.15 bits per heavy atom. The maximum atomic E-state index is 11.7. The van der Waals surface area contributed by atoms with Crippen LogP contribution >= 0.6 is 0 Å². The SMILES string of the molecule is C#CCN(CC)C(=O)N(CC)CC. The van der Waals surface area contributed by atoms with Gasteiger partial charge in [0.05, 0.1) is 6.54 Å². The first-order valence-corrected chi connectivity index (χ1v) is 4.68. The lowest BCUT2D eigenvalue weighted by Crippen LogP contribution is -2.43. The van der Waals surface area contributed by atoms with E-state index in [4.69, 9.17) is 6.42 Å². The number of hydrogen-bond donors (Lipinski definition) is 0. The first kappa shape index (κ1) is 11.8. The van der Waals surface area contributed by atoms with E-state index in [1.807, 2.05) is 20.8 Å². The smallest absolute Gasteiger partial charge is 0.320 e. The highest BCUT2D eigenvalue weighted by molar-refractivity contribution is 5.74. The molecule has 3 heteroatoms. The van der Waals surface area contributed by atoms with E-state index in [-0.39, 0.29) is 6.03 Å². The van der Waals surface area contributed by atoms with Crippen LogP contribution in [0.15, 0.2) is 0 Å². The van der Waals surface area contributed by atoms with Gasteiger partial charge in [0, 0.05) is 19.6 Å². The molecule has 0 unspecified atom stereocenters. The summed E-state index contributed by atoms with van der Waals surface area (Å²) in [6.45, 7) is 8.38. The zero-order valence-corrected chi connectivity index (χ0v) is 8.71. The molecule has 0 fully saturated rings. The molecule has 13 heavy (non-hydrogen) atoms. The Bertz CT molecular complexity index is 192. The second-order valence-electron chi connectivity index (χ2n) is 2.67. The van der Waals surface area contributed by atoms with Crippen molar-refractivity contribution in [2.45, 2.75) is 20.8 Å². The summed E-state index contributed by atoms with van der Waals surface area (Å²) < 4.78 is 0. The number of carbonyl (C=O) groups excluding carboxylic acids is 1. The van der Waals surface area contributed by atoms with E-state index < -0.39 is 0 Å². The van der Waals surface area contributed by atoms with Gasteiger partial charge in [0.15, 0.2) is 0 Å². The van der Waals surface area contributed by atoms with Gasteiger partial charge in [0.25, 0.3) is 0 Å². The molecule has 0 saturated carbocycles. The lowest BCUT2D eigenvalue weighted by Gasteiger charge is -2.26. The standard InChI is InChI=1S/C10H18N2O/c1-5-9-12(8-4)10(13)11(6-2)7-3/h1H,6-9H2,2-4H3. The maximum Gasteiger partial charge on any atom is 0.320 e. The summed E-state index contributed by atoms with van der Waals surface area (Å²) in [7, 11) is 0. The van der Waals surface area contributed by atoms with Crippen molar-refractivity contribution in [3.63, 3.8) is 0 Å². The average molecular weight is 182 g/mol. The van der Waals surface area contributed by atoms with Crippen molar-refractivity contribution >= 4 is 6.03 Å². The van der Waals surface area contributed by atoms with Crippen LogP contribution in [0.25, 0.3) is 0 Å². The van der Waals surface area contributed by atoms with Crippen LogP contribution in [-0.2, 0) is 0 Å². The number of urea groups is 1. The minimum atomic E-state index is 0.0328. The van der Waals surface area contributed by atoms with Gasteiger partial charge < -0.3 is 9.80 Å². The second-order valence-corrected chi connectivity index (χ2v) is 2.67. The molecule has 0 aliphatic rings. The van der Waals surface area contributed by atoms with Crippen molar-refractivity contribution in [2.75, 3.05) is 26.2 Å². The molecule has 0 aliphatic carbocycles. The van der Waals surface area contributed by atoms with E-state index in [2.05, 4.69) is 5.92 Å². The number of rotatable bonds is 4. The van der Waals surface area contributed by atoms with E-state index in [1.165, 1.54) is 0 Å². The molecule has 0 aromatic carbocycles. The fourth-order valence-electron chi connectivity index (χ4n) is 1.12. The Labute approximate surface area is 80.7 Å². The van der Waals surface area contributed by atoms with E-state index in [0.717, 1.165) is 13.1 Å². The lowest BCUT2D eigenvalue weighted by atomic mass is 10.4. The molecule has 3 nitrogen and oxygen atoms in total. The van der Waals surface area contributed by atoms with Crippen molar-refractivity contribution in [1.29, 1.82) is 0 Å². The average Bonchev–Trinajstić information content (AvgIpc) is 2.15. The largest absolute Gasteiger partial charge is 0.325 e. The predicted octanol–water partition coefficient (Wildman–Crippen LogP) is 1.40. The van der Waals surface area contributed by atoms with Gasteiger partial charge in [-0.05, 0) is 20.8 Å². The van der Waals surface area contributed by atoms with Gasteiger partial charge in [0.1, 0.15) is 0 Å². The third-order valence-electron chi connectivity index (χ3n) is 1.97. The number of nitrogens with zero attached hydrogens (tertiary/aromatic N) is 2. The summed E-state index contributed by atoms with van der Waals surface area (Å²) in [6, 6.07) is 0.0328. The quantitative estimate of drug-likeness (QED) is 0.603. The van der Waals surface area contributed by atoms with E-state index >= 15 is 0 Å². The Hall–Kier alpha value is -1.17. The molecule has 0 radical (unpaired) electrons. The monoisotopic (exact) mass is 182 g/mol. The minimum absolute atomic E-state index is 0.0328. The van der Waals surface area contributed by atoms with Gasteiger partial charge in [-0.25, -0.2) is 4.79 Å². The molecule has 0 spiro atoms. The third kappa shape index (κ3) is 3.37. The zero-order chi connectivity index (χ0) is 10.3. The minimum Gasteiger partial charge on any atom is -0.325 e. The summed E-state index contributed by atoms with van der Waals surface area (Å²) in [5, 5.41) is 0. The van der Waals surface area contributed by atoms with Gasteiger partial charge in [-0.3, -0.25) is 0 Å². The molecule has 0 saturated heterocycles. The zero-order valence-electron chi connectivity index (χ0n) is 8.71. The van der Waals surface area contributed by atoms with E-state index in [1.54, 1.807) is 9.80 Å². The summed E-state index contributed by atoms with van der Waals surface area (Å²) >= 11 is 0. The third-order valence-corrected chi connectivity index (χ3v) is 1.97. The Morgan fingerprint density at radius 2 is 1.62 bits per heavy atom. The van der Waals surface area contributed by atoms with Gasteiger partial charge in [0.2, 0.25) is 0 Å². The van der Waals surface area contributed by atoms with E-state index in [0.29, 0.717) is 13.1 Å². The van der Waals surface area contributed by atoms with Crippen LogP contribution in [0.5, 0.6) is 0 Å². The maximum absolute atomic E-state index is 11.7. The highest BCUT2D eigenvalue weighted by Gasteiger charge is 2.15. The van der Waals surface area contributed by atoms with Gasteiger partial charge in [-0.1, -0.05) is 5.92 Å². The summed E-state index contributed by atoms with van der Waals surface area (Å²) in [6.07, 6.45) is 5.16. The van der Waals surface area contributed by atoms with Crippen molar-refractivity contribution < 1.29 is 4.79 Å². The first-order chi connectivity index (χ1) is 6.21. The molecule has 0 bridgehead atoms. The van der Waals surface area contributed by atoms with Gasteiger partial charge in [-0.2, -0.15) is 0 Å². The molecule has 0 atom stereocenters. The molecular weight excluding hydrogens is 164 g/mol.